The van der Waals surface area contributed by atoms with E-state index in [1.165, 1.54) is 0 Å². The van der Waals surface area contributed by atoms with Crippen LogP contribution in [-0.4, -0.2) is 74.3 Å². The molecule has 0 saturated carbocycles. The van der Waals surface area contributed by atoms with Crippen LogP contribution >= 0.6 is 0 Å². The van der Waals surface area contributed by atoms with Crippen LogP contribution in [0.15, 0.2) is 24.8 Å². The molecule has 1 fully saturated rings. The number of nitrogens with zero attached hydrogens (tertiary/aromatic N) is 7. The summed E-state index contributed by atoms with van der Waals surface area (Å²) in [6, 6.07) is 2.08. The van der Waals surface area contributed by atoms with Gasteiger partial charge in [0.2, 0.25) is 11.9 Å². The summed E-state index contributed by atoms with van der Waals surface area (Å²) >= 11 is 0. The fourth-order valence-electron chi connectivity index (χ4n) is 3.36. The van der Waals surface area contributed by atoms with Crippen molar-refractivity contribution < 1.29 is 4.79 Å². The first-order valence-electron chi connectivity index (χ1n) is 8.69. The predicted molar refractivity (Wildman–Crippen MR) is 91.0 cm³/mol. The Bertz CT molecular complexity index is 710. The van der Waals surface area contributed by atoms with E-state index in [0.717, 1.165) is 44.2 Å². The molecule has 1 amide bonds. The van der Waals surface area contributed by atoms with Gasteiger partial charge in [0, 0.05) is 51.0 Å². The van der Waals surface area contributed by atoms with Gasteiger partial charge in [-0.2, -0.15) is 5.10 Å². The normalized spacial score (nSPS) is 20.4. The SMILES string of the molecule is O=C(CN[C@H]1CCc2ncnn2C1)N1CCN(c2ncccn2)CC1. The molecule has 1 atom stereocenters. The first-order chi connectivity index (χ1) is 12.3. The van der Waals surface area contributed by atoms with Crippen molar-refractivity contribution in [1.29, 1.82) is 0 Å². The second-order valence-electron chi connectivity index (χ2n) is 6.39. The summed E-state index contributed by atoms with van der Waals surface area (Å²) in [6.07, 6.45) is 6.98. The van der Waals surface area contributed by atoms with Gasteiger partial charge in [-0.05, 0) is 12.5 Å². The molecule has 2 aliphatic rings. The van der Waals surface area contributed by atoms with Crippen molar-refractivity contribution in [3.8, 4) is 0 Å². The summed E-state index contributed by atoms with van der Waals surface area (Å²) in [7, 11) is 0. The van der Waals surface area contributed by atoms with Crippen LogP contribution in [0.1, 0.15) is 12.2 Å². The molecule has 132 valence electrons. The van der Waals surface area contributed by atoms with Gasteiger partial charge in [0.05, 0.1) is 13.1 Å². The largest absolute Gasteiger partial charge is 0.338 e. The van der Waals surface area contributed by atoms with E-state index in [1.807, 2.05) is 15.6 Å². The highest BCUT2D eigenvalue weighted by Gasteiger charge is 2.24. The maximum Gasteiger partial charge on any atom is 0.236 e. The molecule has 0 unspecified atom stereocenters. The molecule has 2 aromatic heterocycles. The smallest absolute Gasteiger partial charge is 0.236 e. The summed E-state index contributed by atoms with van der Waals surface area (Å²) < 4.78 is 1.92. The Kier molecular flexibility index (Phi) is 4.55. The lowest BCUT2D eigenvalue weighted by Gasteiger charge is -2.35. The summed E-state index contributed by atoms with van der Waals surface area (Å²) in [4.78, 5) is 29.3. The lowest BCUT2D eigenvalue weighted by Crippen LogP contribution is -2.52. The molecule has 4 heterocycles. The Hall–Kier alpha value is -2.55. The molecular formula is C16H22N8O. The lowest BCUT2D eigenvalue weighted by molar-refractivity contribution is -0.130. The van der Waals surface area contributed by atoms with E-state index in [1.54, 1.807) is 18.7 Å². The number of aryl methyl sites for hydroxylation is 1. The third-order valence-electron chi connectivity index (χ3n) is 4.81. The number of carbonyl (C=O) groups excluding carboxylic acids is 1. The average molecular weight is 342 g/mol. The number of hydrogen-bond acceptors (Lipinski definition) is 7. The van der Waals surface area contributed by atoms with E-state index >= 15 is 0 Å². The Morgan fingerprint density at radius 3 is 2.76 bits per heavy atom. The predicted octanol–water partition coefficient (Wildman–Crippen LogP) is -0.679. The van der Waals surface area contributed by atoms with Gasteiger partial charge >= 0.3 is 0 Å². The number of hydrogen-bond donors (Lipinski definition) is 1. The number of rotatable bonds is 4. The van der Waals surface area contributed by atoms with Gasteiger partial charge in [-0.1, -0.05) is 0 Å². The molecule has 0 aliphatic carbocycles. The molecule has 25 heavy (non-hydrogen) atoms. The first kappa shape index (κ1) is 15.9. The van der Waals surface area contributed by atoms with Crippen molar-refractivity contribution in [3.05, 3.63) is 30.6 Å². The minimum Gasteiger partial charge on any atom is -0.338 e. The second-order valence-corrected chi connectivity index (χ2v) is 6.39. The fraction of sp³-hybridized carbons (Fsp3) is 0.562. The quantitative estimate of drug-likeness (QED) is 0.787. The Balaban J connectivity index is 1.23. The van der Waals surface area contributed by atoms with Crippen LogP contribution in [0, 0.1) is 0 Å². The van der Waals surface area contributed by atoms with Gasteiger partial charge in [-0.25, -0.2) is 19.6 Å². The van der Waals surface area contributed by atoms with E-state index < -0.39 is 0 Å². The maximum atomic E-state index is 12.5. The minimum atomic E-state index is 0.151. The molecule has 2 aromatic rings. The number of nitrogens with one attached hydrogen (secondary N) is 1. The molecule has 1 saturated heterocycles. The molecule has 2 aliphatic heterocycles. The standard InChI is InChI=1S/C16H22N8O/c25-15(10-19-13-2-3-14-20-12-21-24(14)11-13)22-6-8-23(9-7-22)16-17-4-1-5-18-16/h1,4-5,12-13,19H,2-3,6-11H2/t13-/m0/s1. The van der Waals surface area contributed by atoms with Crippen molar-refractivity contribution in [3.63, 3.8) is 0 Å². The number of carbonyl (C=O) groups is 1. The minimum absolute atomic E-state index is 0.151. The molecule has 4 rings (SSSR count). The zero-order chi connectivity index (χ0) is 17.1. The van der Waals surface area contributed by atoms with Gasteiger partial charge in [-0.3, -0.25) is 4.79 Å². The number of fused-ring (bicyclic) bond motifs is 1. The maximum absolute atomic E-state index is 12.5. The fourth-order valence-corrected chi connectivity index (χ4v) is 3.36. The monoisotopic (exact) mass is 342 g/mol. The summed E-state index contributed by atoms with van der Waals surface area (Å²) in [6.45, 7) is 4.09. The Labute approximate surface area is 146 Å². The van der Waals surface area contributed by atoms with E-state index in [0.29, 0.717) is 19.6 Å². The molecule has 9 heteroatoms. The van der Waals surface area contributed by atoms with Crippen LogP contribution in [-0.2, 0) is 17.8 Å². The first-order valence-corrected chi connectivity index (χ1v) is 8.69. The highest BCUT2D eigenvalue weighted by molar-refractivity contribution is 5.78. The summed E-state index contributed by atoms with van der Waals surface area (Å²) in [5.74, 6) is 1.92. The van der Waals surface area contributed by atoms with Crippen molar-refractivity contribution in [2.75, 3.05) is 37.6 Å². The molecule has 0 radical (unpaired) electrons. The van der Waals surface area contributed by atoms with Gasteiger partial charge in [0.1, 0.15) is 12.2 Å². The van der Waals surface area contributed by atoms with Gasteiger partial charge < -0.3 is 15.1 Å². The zero-order valence-corrected chi connectivity index (χ0v) is 14.1. The third kappa shape index (κ3) is 3.60. The highest BCUT2D eigenvalue weighted by Crippen LogP contribution is 2.12. The molecule has 0 aromatic carbocycles. The second kappa shape index (κ2) is 7.14. The van der Waals surface area contributed by atoms with E-state index in [4.69, 9.17) is 0 Å². The summed E-state index contributed by atoms with van der Waals surface area (Å²) in [5.41, 5.74) is 0. The van der Waals surface area contributed by atoms with Crippen LogP contribution in [0.3, 0.4) is 0 Å². The zero-order valence-electron chi connectivity index (χ0n) is 14.1. The van der Waals surface area contributed by atoms with Gasteiger partial charge in [0.25, 0.3) is 0 Å². The molecular weight excluding hydrogens is 320 g/mol. The third-order valence-corrected chi connectivity index (χ3v) is 4.81. The van der Waals surface area contributed by atoms with Gasteiger partial charge in [-0.15, -0.1) is 0 Å². The van der Waals surface area contributed by atoms with Crippen molar-refractivity contribution in [2.45, 2.75) is 25.4 Å². The molecule has 0 bridgehead atoms. The lowest BCUT2D eigenvalue weighted by atomic mass is 10.1. The van der Waals surface area contributed by atoms with Crippen LogP contribution in [0.5, 0.6) is 0 Å². The summed E-state index contributed by atoms with van der Waals surface area (Å²) in [5, 5.41) is 7.59. The van der Waals surface area contributed by atoms with E-state index in [-0.39, 0.29) is 11.9 Å². The molecule has 9 nitrogen and oxygen atoms in total. The highest BCUT2D eigenvalue weighted by atomic mass is 16.2. The van der Waals surface area contributed by atoms with Crippen molar-refractivity contribution >= 4 is 11.9 Å². The van der Waals surface area contributed by atoms with Crippen molar-refractivity contribution in [2.24, 2.45) is 0 Å². The number of aromatic nitrogens is 5. The van der Waals surface area contributed by atoms with Gasteiger partial charge in [0.15, 0.2) is 0 Å². The molecule has 1 N–H and O–H groups in total. The van der Waals surface area contributed by atoms with Crippen LogP contribution in [0.2, 0.25) is 0 Å². The average Bonchev–Trinajstić information content (AvgIpc) is 3.15. The topological polar surface area (TPSA) is 92.1 Å². The van der Waals surface area contributed by atoms with E-state index in [2.05, 4.69) is 30.3 Å². The Morgan fingerprint density at radius 1 is 1.16 bits per heavy atom. The van der Waals surface area contributed by atoms with Crippen LogP contribution in [0.4, 0.5) is 5.95 Å². The Morgan fingerprint density at radius 2 is 1.96 bits per heavy atom. The number of anilines is 1. The molecule has 0 spiro atoms. The van der Waals surface area contributed by atoms with Crippen LogP contribution < -0.4 is 10.2 Å². The van der Waals surface area contributed by atoms with Crippen molar-refractivity contribution in [1.82, 2.24) is 34.9 Å². The number of amides is 1. The van der Waals surface area contributed by atoms with Crippen LogP contribution in [0.25, 0.3) is 0 Å². The van der Waals surface area contributed by atoms with E-state index in [9.17, 15) is 4.79 Å². The number of piperazine rings is 1.